The van der Waals surface area contributed by atoms with E-state index in [4.69, 9.17) is 4.74 Å². The van der Waals surface area contributed by atoms with Gasteiger partial charge >= 0.3 is 5.97 Å². The van der Waals surface area contributed by atoms with Crippen molar-refractivity contribution < 1.29 is 14.3 Å². The lowest BCUT2D eigenvalue weighted by molar-refractivity contribution is -0.117. The molecule has 0 aliphatic heterocycles. The molecule has 1 aliphatic carbocycles. The van der Waals surface area contributed by atoms with Crippen LogP contribution in [-0.4, -0.2) is 37.0 Å². The second-order valence-corrected chi connectivity index (χ2v) is 7.37. The van der Waals surface area contributed by atoms with Crippen LogP contribution in [0.5, 0.6) is 0 Å². The Morgan fingerprint density at radius 2 is 2.12 bits per heavy atom. The highest BCUT2D eigenvalue weighted by atomic mass is 32.1. The normalized spacial score (nSPS) is 16.2. The third kappa shape index (κ3) is 4.14. The van der Waals surface area contributed by atoms with E-state index in [2.05, 4.69) is 34.5 Å². The first-order chi connectivity index (χ1) is 12.6. The van der Waals surface area contributed by atoms with Crippen LogP contribution in [0.2, 0.25) is 0 Å². The first kappa shape index (κ1) is 18.6. The molecule has 1 aromatic carbocycles. The Morgan fingerprint density at radius 1 is 1.31 bits per heavy atom. The summed E-state index contributed by atoms with van der Waals surface area (Å²) >= 11 is 1.33. The molecular weight excluding hydrogens is 348 g/mol. The molecule has 1 aromatic heterocycles. The number of aryl methyl sites for hydroxylation is 1. The maximum Gasteiger partial charge on any atom is 0.341 e. The number of nitrogens with zero attached hydrogens (tertiary/aromatic N) is 1. The Morgan fingerprint density at radius 3 is 2.92 bits per heavy atom. The maximum atomic E-state index is 12.5. The average Bonchev–Trinajstić information content (AvgIpc) is 3.09. The number of carbonyl (C=O) groups is 2. The van der Waals surface area contributed by atoms with Gasteiger partial charge in [-0.25, -0.2) is 4.79 Å². The van der Waals surface area contributed by atoms with Crippen LogP contribution in [0.25, 0.3) is 0 Å². The molecule has 5 nitrogen and oxygen atoms in total. The summed E-state index contributed by atoms with van der Waals surface area (Å²) in [7, 11) is 1.98. The molecule has 3 rings (SSSR count). The number of ether oxygens (including phenoxy) is 1. The zero-order valence-electron chi connectivity index (χ0n) is 15.2. The zero-order chi connectivity index (χ0) is 18.5. The number of rotatable bonds is 6. The molecule has 6 heteroatoms. The molecule has 2 aromatic rings. The van der Waals surface area contributed by atoms with Crippen molar-refractivity contribution in [3.63, 3.8) is 0 Å². The van der Waals surface area contributed by atoms with Crippen LogP contribution < -0.4 is 5.32 Å². The van der Waals surface area contributed by atoms with Gasteiger partial charge < -0.3 is 10.1 Å². The van der Waals surface area contributed by atoms with Crippen LogP contribution in [0.1, 0.15) is 47.3 Å². The Labute approximate surface area is 158 Å². The van der Waals surface area contributed by atoms with Crippen LogP contribution in [0.3, 0.4) is 0 Å². The number of esters is 1. The van der Waals surface area contributed by atoms with Gasteiger partial charge in [-0.3, -0.25) is 9.69 Å². The summed E-state index contributed by atoms with van der Waals surface area (Å²) in [6.07, 6.45) is 3.28. The van der Waals surface area contributed by atoms with Gasteiger partial charge in [-0.05, 0) is 55.8 Å². The number of fused-ring (bicyclic) bond motifs is 1. The molecule has 1 amide bonds. The minimum Gasteiger partial charge on any atom is -0.462 e. The standard InChI is InChI=1S/C20H24N2O3S/c1-3-25-20(24)16-11-12-26-19(16)21-18(23)13-22(2)17-10-6-8-14-7-4-5-9-15(14)17/h4-5,7,9,11-12,17H,3,6,8,10,13H2,1-2H3,(H,21,23)/t17-/m1/s1. The van der Waals surface area contributed by atoms with Crippen molar-refractivity contribution in [1.82, 2.24) is 4.90 Å². The second-order valence-electron chi connectivity index (χ2n) is 6.45. The molecule has 1 N–H and O–H groups in total. The Hall–Kier alpha value is -2.18. The number of anilines is 1. The van der Waals surface area contributed by atoms with E-state index in [1.165, 1.54) is 22.5 Å². The van der Waals surface area contributed by atoms with Crippen molar-refractivity contribution in [3.8, 4) is 0 Å². The molecule has 0 saturated carbocycles. The molecule has 1 heterocycles. The van der Waals surface area contributed by atoms with Gasteiger partial charge in [-0.15, -0.1) is 11.3 Å². The molecule has 0 spiro atoms. The van der Waals surface area contributed by atoms with Gasteiger partial charge in [0.25, 0.3) is 0 Å². The Balaban J connectivity index is 1.64. The summed E-state index contributed by atoms with van der Waals surface area (Å²) in [5, 5.41) is 5.19. The third-order valence-corrected chi connectivity index (χ3v) is 5.51. The highest BCUT2D eigenvalue weighted by Crippen LogP contribution is 2.33. The minimum absolute atomic E-state index is 0.122. The highest BCUT2D eigenvalue weighted by molar-refractivity contribution is 7.14. The van der Waals surface area contributed by atoms with E-state index in [0.717, 1.165) is 19.3 Å². The van der Waals surface area contributed by atoms with Gasteiger partial charge in [0.2, 0.25) is 5.91 Å². The molecule has 138 valence electrons. The summed E-state index contributed by atoms with van der Waals surface area (Å²) in [4.78, 5) is 26.5. The molecule has 26 heavy (non-hydrogen) atoms. The van der Waals surface area contributed by atoms with E-state index >= 15 is 0 Å². The first-order valence-electron chi connectivity index (χ1n) is 8.92. The number of hydrogen-bond donors (Lipinski definition) is 1. The highest BCUT2D eigenvalue weighted by Gasteiger charge is 2.25. The van der Waals surface area contributed by atoms with E-state index in [1.54, 1.807) is 18.4 Å². The molecular formula is C20H24N2O3S. The van der Waals surface area contributed by atoms with Crippen LogP contribution in [0.15, 0.2) is 35.7 Å². The molecule has 0 fully saturated rings. The third-order valence-electron chi connectivity index (χ3n) is 4.68. The van der Waals surface area contributed by atoms with Crippen molar-refractivity contribution in [3.05, 3.63) is 52.4 Å². The van der Waals surface area contributed by atoms with E-state index in [0.29, 0.717) is 17.2 Å². The average molecular weight is 372 g/mol. The lowest BCUT2D eigenvalue weighted by Gasteiger charge is -2.32. The molecule has 1 atom stereocenters. The van der Waals surface area contributed by atoms with Gasteiger partial charge in [-0.1, -0.05) is 24.3 Å². The number of amides is 1. The van der Waals surface area contributed by atoms with Crippen LogP contribution >= 0.6 is 11.3 Å². The number of hydrogen-bond acceptors (Lipinski definition) is 5. The van der Waals surface area contributed by atoms with Crippen LogP contribution in [0, 0.1) is 0 Å². The minimum atomic E-state index is -0.404. The van der Waals surface area contributed by atoms with Crippen LogP contribution in [0.4, 0.5) is 5.00 Å². The molecule has 0 unspecified atom stereocenters. The van der Waals surface area contributed by atoms with Crippen molar-refractivity contribution >= 4 is 28.2 Å². The van der Waals surface area contributed by atoms with Crippen LogP contribution in [-0.2, 0) is 16.0 Å². The van der Waals surface area contributed by atoms with Gasteiger partial charge in [0.1, 0.15) is 5.00 Å². The van der Waals surface area contributed by atoms with Crippen molar-refractivity contribution in [2.24, 2.45) is 0 Å². The molecule has 0 radical (unpaired) electrons. The van der Waals surface area contributed by atoms with E-state index in [9.17, 15) is 9.59 Å². The fraction of sp³-hybridized carbons (Fsp3) is 0.400. The van der Waals surface area contributed by atoms with Crippen molar-refractivity contribution in [2.45, 2.75) is 32.2 Å². The fourth-order valence-corrected chi connectivity index (χ4v) is 4.26. The maximum absolute atomic E-state index is 12.5. The van der Waals surface area contributed by atoms with E-state index in [-0.39, 0.29) is 18.5 Å². The summed E-state index contributed by atoms with van der Waals surface area (Å²) < 4.78 is 5.03. The zero-order valence-corrected chi connectivity index (χ0v) is 16.0. The number of thiophene rings is 1. The lowest BCUT2D eigenvalue weighted by Crippen LogP contribution is -2.35. The smallest absolute Gasteiger partial charge is 0.341 e. The largest absolute Gasteiger partial charge is 0.462 e. The second kappa shape index (κ2) is 8.47. The summed E-state index contributed by atoms with van der Waals surface area (Å²) in [6.45, 7) is 2.35. The monoisotopic (exact) mass is 372 g/mol. The van der Waals surface area contributed by atoms with Gasteiger partial charge in [0.05, 0.1) is 18.7 Å². The predicted molar refractivity (Wildman–Crippen MR) is 104 cm³/mol. The molecule has 1 aliphatic rings. The number of carbonyl (C=O) groups excluding carboxylic acids is 2. The quantitative estimate of drug-likeness (QED) is 0.782. The number of nitrogens with one attached hydrogen (secondary N) is 1. The Kier molecular flexibility index (Phi) is 6.06. The number of likely N-dealkylation sites (N-methyl/N-ethyl adjacent to an activating group) is 1. The Bertz CT molecular complexity index is 787. The predicted octanol–water partition coefficient (Wildman–Crippen LogP) is 3.87. The molecule has 0 saturated heterocycles. The van der Waals surface area contributed by atoms with Gasteiger partial charge in [0, 0.05) is 6.04 Å². The van der Waals surface area contributed by atoms with Gasteiger partial charge in [0.15, 0.2) is 0 Å². The number of benzene rings is 1. The molecule has 0 bridgehead atoms. The topological polar surface area (TPSA) is 58.6 Å². The summed E-state index contributed by atoms with van der Waals surface area (Å²) in [5.74, 6) is -0.526. The summed E-state index contributed by atoms with van der Waals surface area (Å²) in [6, 6.07) is 10.4. The SMILES string of the molecule is CCOC(=O)c1ccsc1NC(=O)CN(C)[C@@H]1CCCc2ccccc21. The lowest BCUT2D eigenvalue weighted by atomic mass is 9.87. The first-order valence-corrected chi connectivity index (χ1v) is 9.80. The van der Waals surface area contributed by atoms with E-state index in [1.807, 2.05) is 7.05 Å². The van der Waals surface area contributed by atoms with E-state index < -0.39 is 5.97 Å². The fourth-order valence-electron chi connectivity index (χ4n) is 3.46. The van der Waals surface area contributed by atoms with Crippen molar-refractivity contribution in [2.75, 3.05) is 25.5 Å². The van der Waals surface area contributed by atoms with Crippen molar-refractivity contribution in [1.29, 1.82) is 0 Å². The summed E-state index contributed by atoms with van der Waals surface area (Å²) in [5.41, 5.74) is 3.10. The van der Waals surface area contributed by atoms with Gasteiger partial charge in [-0.2, -0.15) is 0 Å².